The summed E-state index contributed by atoms with van der Waals surface area (Å²) in [7, 11) is 0. The average molecular weight is 397 g/mol. The molecule has 0 saturated heterocycles. The van der Waals surface area contributed by atoms with Gasteiger partial charge < -0.3 is 15.5 Å². The first-order valence-electron chi connectivity index (χ1n) is 10.4. The van der Waals surface area contributed by atoms with Crippen LogP contribution in [0.3, 0.4) is 0 Å². The summed E-state index contributed by atoms with van der Waals surface area (Å²) in [5, 5.41) is 8.07. The summed E-state index contributed by atoms with van der Waals surface area (Å²) < 4.78 is 1.25. The maximum atomic E-state index is 4.82. The number of fused-ring (bicyclic) bond motifs is 1. The van der Waals surface area contributed by atoms with Crippen LogP contribution in [-0.4, -0.2) is 36.7 Å². The van der Waals surface area contributed by atoms with E-state index in [-0.39, 0.29) is 5.54 Å². The molecule has 1 heterocycles. The van der Waals surface area contributed by atoms with E-state index in [1.807, 2.05) is 0 Å². The van der Waals surface area contributed by atoms with E-state index in [2.05, 4.69) is 91.8 Å². The molecule has 1 atom stereocenters. The third-order valence-corrected chi connectivity index (χ3v) is 6.13. The minimum absolute atomic E-state index is 0.141. The molecule has 1 unspecified atom stereocenters. The van der Waals surface area contributed by atoms with Crippen molar-refractivity contribution >= 4 is 33.3 Å². The first kappa shape index (κ1) is 20.6. The fourth-order valence-electron chi connectivity index (χ4n) is 3.64. The number of thiazole rings is 1. The molecule has 2 N–H and O–H groups in total. The van der Waals surface area contributed by atoms with Gasteiger partial charge in [0.1, 0.15) is 5.01 Å². The van der Waals surface area contributed by atoms with Gasteiger partial charge >= 0.3 is 0 Å². The molecule has 0 radical (unpaired) electrons. The first-order valence-corrected chi connectivity index (χ1v) is 11.2. The third kappa shape index (κ3) is 4.65. The van der Waals surface area contributed by atoms with Crippen LogP contribution in [0.25, 0.3) is 16.3 Å². The molecule has 4 nitrogen and oxygen atoms in total. The molecule has 0 spiro atoms. The molecule has 2 aromatic rings. The van der Waals surface area contributed by atoms with Crippen molar-refractivity contribution in [1.82, 2.24) is 15.6 Å². The molecule has 150 valence electrons. The van der Waals surface area contributed by atoms with Crippen LogP contribution >= 0.6 is 11.3 Å². The van der Waals surface area contributed by atoms with Crippen LogP contribution in [0.4, 0.5) is 5.69 Å². The van der Waals surface area contributed by atoms with E-state index in [4.69, 9.17) is 4.98 Å². The monoisotopic (exact) mass is 396 g/mol. The molecule has 1 aromatic heterocycles. The Labute approximate surface area is 173 Å². The highest BCUT2D eigenvalue weighted by Gasteiger charge is 2.24. The zero-order valence-corrected chi connectivity index (χ0v) is 18.3. The molecule has 0 fully saturated rings. The van der Waals surface area contributed by atoms with E-state index in [0.717, 1.165) is 43.1 Å². The summed E-state index contributed by atoms with van der Waals surface area (Å²) >= 11 is 1.76. The van der Waals surface area contributed by atoms with Gasteiger partial charge in [0.05, 0.1) is 15.8 Å². The number of nitrogens with one attached hydrogen (secondary N) is 2. The molecular formula is C23H32N4S. The Bertz CT molecular complexity index is 876. The summed E-state index contributed by atoms with van der Waals surface area (Å²) in [6, 6.07) is 6.59. The summed E-state index contributed by atoms with van der Waals surface area (Å²) in [5.41, 5.74) is 3.41. The highest BCUT2D eigenvalue weighted by atomic mass is 32.1. The lowest BCUT2D eigenvalue weighted by Gasteiger charge is -2.30. The van der Waals surface area contributed by atoms with Gasteiger partial charge in [0.25, 0.3) is 0 Å². The number of anilines is 1. The van der Waals surface area contributed by atoms with Gasteiger partial charge in [-0.1, -0.05) is 25.2 Å². The minimum atomic E-state index is -0.141. The Morgan fingerprint density at radius 3 is 2.64 bits per heavy atom. The van der Waals surface area contributed by atoms with Crippen molar-refractivity contribution < 1.29 is 0 Å². The first-order chi connectivity index (χ1) is 13.6. The van der Waals surface area contributed by atoms with Crippen LogP contribution < -0.4 is 15.5 Å². The normalized spacial score (nSPS) is 19.4. The molecule has 0 bridgehead atoms. The lowest BCUT2D eigenvalue weighted by molar-refractivity contribution is 0.499. The van der Waals surface area contributed by atoms with Gasteiger partial charge in [-0.05, 0) is 64.1 Å². The summed E-state index contributed by atoms with van der Waals surface area (Å²) in [6.45, 7) is 12.6. The van der Waals surface area contributed by atoms with E-state index in [9.17, 15) is 0 Å². The van der Waals surface area contributed by atoms with Crippen molar-refractivity contribution in [2.24, 2.45) is 0 Å². The van der Waals surface area contributed by atoms with Gasteiger partial charge in [-0.15, -0.1) is 11.3 Å². The molecule has 1 aliphatic rings. The predicted molar refractivity (Wildman–Crippen MR) is 124 cm³/mol. The van der Waals surface area contributed by atoms with Crippen LogP contribution in [0.15, 0.2) is 48.2 Å². The van der Waals surface area contributed by atoms with Crippen LogP contribution in [0.1, 0.15) is 39.1 Å². The van der Waals surface area contributed by atoms with Crippen LogP contribution in [0, 0.1) is 0 Å². The predicted octanol–water partition coefficient (Wildman–Crippen LogP) is 4.96. The highest BCUT2D eigenvalue weighted by Crippen LogP contribution is 2.29. The second-order valence-electron chi connectivity index (χ2n) is 7.01. The smallest absolute Gasteiger partial charge is 0.117 e. The number of hydrogen-bond acceptors (Lipinski definition) is 5. The van der Waals surface area contributed by atoms with Crippen molar-refractivity contribution in [3.63, 3.8) is 0 Å². The Morgan fingerprint density at radius 2 is 2.00 bits per heavy atom. The molecule has 0 aliphatic heterocycles. The molecule has 28 heavy (non-hydrogen) atoms. The van der Waals surface area contributed by atoms with E-state index in [0.29, 0.717) is 0 Å². The fraction of sp³-hybridized carbons (Fsp3) is 0.435. The largest absolute Gasteiger partial charge is 0.386 e. The lowest BCUT2D eigenvalue weighted by atomic mass is 9.89. The van der Waals surface area contributed by atoms with Gasteiger partial charge in [0, 0.05) is 31.0 Å². The van der Waals surface area contributed by atoms with E-state index < -0.39 is 0 Å². The molecule has 1 aromatic carbocycles. The van der Waals surface area contributed by atoms with E-state index >= 15 is 0 Å². The van der Waals surface area contributed by atoms with E-state index in [1.54, 1.807) is 11.3 Å². The number of benzene rings is 1. The van der Waals surface area contributed by atoms with Crippen LogP contribution in [0.2, 0.25) is 0 Å². The van der Waals surface area contributed by atoms with Crippen molar-refractivity contribution in [2.45, 2.75) is 39.7 Å². The SMILES string of the molecule is CCNC1=CCC(C=Cc2nc3ccc(N(CC)CC)cc3s2)(NCC)C=C1. The molecule has 3 rings (SSSR count). The quantitative estimate of drug-likeness (QED) is 0.629. The number of likely N-dealkylation sites (N-methyl/N-ethyl adjacent to an activating group) is 2. The summed E-state index contributed by atoms with van der Waals surface area (Å²) in [6.07, 6.45) is 12.1. The van der Waals surface area contributed by atoms with Gasteiger partial charge in [-0.2, -0.15) is 0 Å². The minimum Gasteiger partial charge on any atom is -0.386 e. The van der Waals surface area contributed by atoms with Gasteiger partial charge in [-0.3, -0.25) is 0 Å². The Balaban J connectivity index is 1.82. The molecule has 1 aliphatic carbocycles. The molecule has 5 heteroatoms. The summed E-state index contributed by atoms with van der Waals surface area (Å²) in [4.78, 5) is 7.19. The Morgan fingerprint density at radius 1 is 1.18 bits per heavy atom. The Kier molecular flexibility index (Phi) is 6.92. The van der Waals surface area contributed by atoms with Crippen molar-refractivity contribution in [3.8, 4) is 0 Å². The summed E-state index contributed by atoms with van der Waals surface area (Å²) in [5.74, 6) is 0. The molecule has 0 saturated carbocycles. The second-order valence-corrected chi connectivity index (χ2v) is 8.07. The average Bonchev–Trinajstić information content (AvgIpc) is 3.12. The fourth-order valence-corrected chi connectivity index (χ4v) is 4.54. The van der Waals surface area contributed by atoms with Crippen LogP contribution in [-0.2, 0) is 0 Å². The van der Waals surface area contributed by atoms with Crippen molar-refractivity contribution in [3.05, 3.63) is 53.2 Å². The molecular weight excluding hydrogens is 364 g/mol. The van der Waals surface area contributed by atoms with Crippen LogP contribution in [0.5, 0.6) is 0 Å². The highest BCUT2D eigenvalue weighted by molar-refractivity contribution is 7.19. The topological polar surface area (TPSA) is 40.2 Å². The number of nitrogens with zero attached hydrogens (tertiary/aromatic N) is 2. The lowest BCUT2D eigenvalue weighted by Crippen LogP contribution is -2.42. The zero-order valence-electron chi connectivity index (χ0n) is 17.5. The number of hydrogen-bond donors (Lipinski definition) is 2. The number of rotatable bonds is 9. The number of aromatic nitrogens is 1. The third-order valence-electron chi connectivity index (χ3n) is 5.15. The van der Waals surface area contributed by atoms with Crippen molar-refractivity contribution in [2.75, 3.05) is 31.1 Å². The second kappa shape index (κ2) is 9.39. The molecule has 0 amide bonds. The Hall–Kier alpha value is -2.11. The maximum absolute atomic E-state index is 4.82. The maximum Gasteiger partial charge on any atom is 0.117 e. The van der Waals surface area contributed by atoms with Gasteiger partial charge in [0.2, 0.25) is 0 Å². The zero-order chi connectivity index (χ0) is 20.0. The standard InChI is InChI=1S/C23H32N4S/c1-5-24-18-11-14-23(15-12-18,25-6-2)16-13-22-26-20-10-9-19(17-21(20)28-22)27(7-3)8-4/h9-14,16-17,24-25H,5-8,15H2,1-4H3. The van der Waals surface area contributed by atoms with E-state index in [1.165, 1.54) is 16.1 Å². The van der Waals surface area contributed by atoms with Crippen molar-refractivity contribution in [1.29, 1.82) is 0 Å². The van der Waals surface area contributed by atoms with Gasteiger partial charge in [0.15, 0.2) is 0 Å². The van der Waals surface area contributed by atoms with Gasteiger partial charge in [-0.25, -0.2) is 4.98 Å². The number of allylic oxidation sites excluding steroid dienone is 1.